The third-order valence-electron chi connectivity index (χ3n) is 6.31. The third-order valence-corrected chi connectivity index (χ3v) is 8.78. The molecular formula is C21H21BrF2N2O3S. The van der Waals surface area contributed by atoms with Gasteiger partial charge in [0.1, 0.15) is 17.7 Å². The van der Waals surface area contributed by atoms with Crippen LogP contribution in [-0.2, 0) is 21.4 Å². The fourth-order valence-electron chi connectivity index (χ4n) is 4.48. The number of piperidine rings is 1. The average molecular weight is 499 g/mol. The molecule has 1 amide bonds. The van der Waals surface area contributed by atoms with E-state index in [1.54, 1.807) is 12.1 Å². The van der Waals surface area contributed by atoms with Crippen LogP contribution in [0, 0.1) is 28.9 Å². The molecule has 3 atom stereocenters. The van der Waals surface area contributed by atoms with E-state index in [2.05, 4.69) is 21.2 Å². The van der Waals surface area contributed by atoms with Crippen LogP contribution in [0.1, 0.15) is 19.4 Å². The maximum absolute atomic E-state index is 13.4. The first kappa shape index (κ1) is 21.4. The van der Waals surface area contributed by atoms with Crippen molar-refractivity contribution in [1.29, 1.82) is 0 Å². The van der Waals surface area contributed by atoms with Crippen LogP contribution in [0.4, 0.5) is 8.78 Å². The summed E-state index contributed by atoms with van der Waals surface area (Å²) in [5, 5.41) is 2.80. The monoisotopic (exact) mass is 498 g/mol. The Hall–Kier alpha value is -1.84. The lowest BCUT2D eigenvalue weighted by atomic mass is 10.0. The van der Waals surface area contributed by atoms with E-state index in [0.29, 0.717) is 10.0 Å². The Morgan fingerprint density at radius 2 is 1.87 bits per heavy atom. The van der Waals surface area contributed by atoms with Crippen molar-refractivity contribution in [3.63, 3.8) is 0 Å². The maximum atomic E-state index is 13.4. The molecule has 1 aliphatic carbocycles. The van der Waals surface area contributed by atoms with Crippen molar-refractivity contribution in [3.8, 4) is 0 Å². The lowest BCUT2D eigenvalue weighted by molar-refractivity contribution is -0.125. The van der Waals surface area contributed by atoms with Crippen molar-refractivity contribution in [2.24, 2.45) is 17.3 Å². The first-order valence-electron chi connectivity index (χ1n) is 9.52. The molecule has 0 aromatic heterocycles. The fraction of sp³-hybridized carbons (Fsp3) is 0.381. The minimum absolute atomic E-state index is 0.0386. The topological polar surface area (TPSA) is 66.5 Å². The van der Waals surface area contributed by atoms with E-state index in [1.807, 2.05) is 13.8 Å². The van der Waals surface area contributed by atoms with Gasteiger partial charge in [0, 0.05) is 13.1 Å². The van der Waals surface area contributed by atoms with Crippen LogP contribution < -0.4 is 5.32 Å². The molecule has 9 heteroatoms. The molecule has 2 aliphatic rings. The highest BCUT2D eigenvalue weighted by Crippen LogP contribution is 2.65. The third kappa shape index (κ3) is 3.56. The second-order valence-electron chi connectivity index (χ2n) is 8.39. The van der Waals surface area contributed by atoms with E-state index in [9.17, 15) is 22.0 Å². The van der Waals surface area contributed by atoms with Crippen molar-refractivity contribution in [3.05, 3.63) is 64.1 Å². The standard InChI is InChI=1S/C21H21BrF2N2O3S/c1-21(2)15-11-26(30(28,29)14-6-4-13(23)5-7-14)19(18(15)21)20(27)25-10-12-3-8-17(24)16(22)9-12/h3-9,15,18-19H,10-11H2,1-2H3,(H,25,27). The van der Waals surface area contributed by atoms with E-state index in [4.69, 9.17) is 0 Å². The van der Waals surface area contributed by atoms with Gasteiger partial charge in [-0.2, -0.15) is 4.31 Å². The number of halogens is 3. The molecule has 4 rings (SSSR count). The summed E-state index contributed by atoms with van der Waals surface area (Å²) in [5.41, 5.74) is 0.560. The molecule has 1 saturated heterocycles. The summed E-state index contributed by atoms with van der Waals surface area (Å²) in [6, 6.07) is 8.20. The van der Waals surface area contributed by atoms with E-state index in [1.165, 1.54) is 22.5 Å². The molecular weight excluding hydrogens is 478 g/mol. The van der Waals surface area contributed by atoms with Crippen molar-refractivity contribution in [2.45, 2.75) is 31.3 Å². The molecule has 2 aromatic rings. The predicted molar refractivity (Wildman–Crippen MR) is 111 cm³/mol. The van der Waals surface area contributed by atoms with Crippen molar-refractivity contribution in [1.82, 2.24) is 9.62 Å². The minimum atomic E-state index is -3.95. The van der Waals surface area contributed by atoms with Gasteiger partial charge in [0.25, 0.3) is 0 Å². The zero-order valence-electron chi connectivity index (χ0n) is 16.4. The first-order chi connectivity index (χ1) is 14.0. The molecule has 1 saturated carbocycles. The maximum Gasteiger partial charge on any atom is 0.243 e. The highest BCUT2D eigenvalue weighted by molar-refractivity contribution is 9.10. The summed E-state index contributed by atoms with van der Waals surface area (Å²) in [7, 11) is -3.95. The number of carbonyl (C=O) groups excluding carboxylic acids is 1. The summed E-state index contributed by atoms with van der Waals surface area (Å²) in [6.07, 6.45) is 0. The van der Waals surface area contributed by atoms with Crippen molar-refractivity contribution < 1.29 is 22.0 Å². The quantitative estimate of drug-likeness (QED) is 0.683. The van der Waals surface area contributed by atoms with Gasteiger partial charge in [-0.1, -0.05) is 19.9 Å². The highest BCUT2D eigenvalue weighted by Gasteiger charge is 2.70. The number of rotatable bonds is 5. The van der Waals surface area contributed by atoms with Gasteiger partial charge in [0.15, 0.2) is 0 Å². The van der Waals surface area contributed by atoms with Crippen LogP contribution in [0.3, 0.4) is 0 Å². The number of benzene rings is 2. The largest absolute Gasteiger partial charge is 0.351 e. The fourth-order valence-corrected chi connectivity index (χ4v) is 6.54. The van der Waals surface area contributed by atoms with Crippen LogP contribution in [0.15, 0.2) is 51.8 Å². The van der Waals surface area contributed by atoms with Crippen LogP contribution >= 0.6 is 15.9 Å². The molecule has 30 heavy (non-hydrogen) atoms. The van der Waals surface area contributed by atoms with Gasteiger partial charge in [-0.3, -0.25) is 4.79 Å². The molecule has 2 aromatic carbocycles. The zero-order chi connectivity index (χ0) is 21.8. The number of fused-ring (bicyclic) bond motifs is 1. The number of amides is 1. The number of nitrogens with zero attached hydrogens (tertiary/aromatic N) is 1. The number of sulfonamides is 1. The van der Waals surface area contributed by atoms with Crippen molar-refractivity contribution >= 4 is 31.9 Å². The van der Waals surface area contributed by atoms with Crippen LogP contribution in [0.5, 0.6) is 0 Å². The molecule has 5 nitrogen and oxygen atoms in total. The molecule has 3 unspecified atom stereocenters. The molecule has 0 radical (unpaired) electrons. The Bertz CT molecular complexity index is 1110. The number of hydrogen-bond donors (Lipinski definition) is 1. The summed E-state index contributed by atoms with van der Waals surface area (Å²) < 4.78 is 54.5. The molecule has 2 fully saturated rings. The Morgan fingerprint density at radius 1 is 1.20 bits per heavy atom. The van der Waals surface area contributed by atoms with E-state index in [0.717, 1.165) is 12.1 Å². The predicted octanol–water partition coefficient (Wildman–Crippen LogP) is 3.69. The molecule has 1 aliphatic heterocycles. The van der Waals surface area contributed by atoms with Gasteiger partial charge >= 0.3 is 0 Å². The Kier molecular flexibility index (Phi) is 5.27. The molecule has 1 N–H and O–H groups in total. The van der Waals surface area contributed by atoms with Crippen molar-refractivity contribution in [2.75, 3.05) is 6.54 Å². The number of carbonyl (C=O) groups is 1. The highest BCUT2D eigenvalue weighted by atomic mass is 79.9. The summed E-state index contributed by atoms with van der Waals surface area (Å²) >= 11 is 3.12. The minimum Gasteiger partial charge on any atom is -0.351 e. The average Bonchev–Trinajstić information content (AvgIpc) is 3.04. The summed E-state index contributed by atoms with van der Waals surface area (Å²) in [4.78, 5) is 13.0. The van der Waals surface area contributed by atoms with E-state index < -0.39 is 27.7 Å². The van der Waals surface area contributed by atoms with Gasteiger partial charge in [0.05, 0.1) is 9.37 Å². The van der Waals surface area contributed by atoms with Gasteiger partial charge in [0.2, 0.25) is 15.9 Å². The molecule has 0 spiro atoms. The zero-order valence-corrected chi connectivity index (χ0v) is 18.8. The molecule has 160 valence electrons. The summed E-state index contributed by atoms with van der Waals surface area (Å²) in [5.74, 6) is -1.32. The van der Waals surface area contributed by atoms with E-state index >= 15 is 0 Å². The lowest BCUT2D eigenvalue weighted by Crippen LogP contribution is -2.49. The van der Waals surface area contributed by atoms with Gasteiger partial charge in [-0.05, 0) is 75.1 Å². The SMILES string of the molecule is CC1(C)C2CN(S(=O)(=O)c3ccc(F)cc3)C(C(=O)NCc3ccc(F)c(Br)c3)C21. The Labute approximate surface area is 182 Å². The second-order valence-corrected chi connectivity index (χ2v) is 11.1. The van der Waals surface area contributed by atoms with E-state index in [-0.39, 0.29) is 41.1 Å². The Morgan fingerprint density at radius 3 is 2.50 bits per heavy atom. The van der Waals surface area contributed by atoms with Crippen LogP contribution in [0.25, 0.3) is 0 Å². The summed E-state index contributed by atoms with van der Waals surface area (Å²) in [6.45, 7) is 4.46. The van der Waals surface area contributed by atoms with Gasteiger partial charge < -0.3 is 5.32 Å². The molecule has 0 bridgehead atoms. The molecule has 1 heterocycles. The van der Waals surface area contributed by atoms with Gasteiger partial charge in [-0.25, -0.2) is 17.2 Å². The second kappa shape index (κ2) is 7.39. The first-order valence-corrected chi connectivity index (χ1v) is 11.8. The smallest absolute Gasteiger partial charge is 0.243 e. The van der Waals surface area contributed by atoms with Crippen LogP contribution in [0.2, 0.25) is 0 Å². The Balaban J connectivity index is 1.57. The normalized spacial score (nSPS) is 25.0. The lowest BCUT2D eigenvalue weighted by Gasteiger charge is -2.29. The number of nitrogens with one attached hydrogen (secondary N) is 1. The van der Waals surface area contributed by atoms with Crippen LogP contribution in [-0.4, -0.2) is 31.2 Å². The van der Waals surface area contributed by atoms with Gasteiger partial charge in [-0.15, -0.1) is 0 Å². The number of hydrogen-bond acceptors (Lipinski definition) is 3.